The molecule has 0 unspecified atom stereocenters. The predicted octanol–water partition coefficient (Wildman–Crippen LogP) is -0.265. The Balaban J connectivity index is 2.14. The molecular weight excluding hydrogens is 400 g/mol. The van der Waals surface area contributed by atoms with Crippen molar-refractivity contribution >= 4 is 12.2 Å². The van der Waals surface area contributed by atoms with Gasteiger partial charge in [0.15, 0.2) is 0 Å². The summed E-state index contributed by atoms with van der Waals surface area (Å²) in [4.78, 5) is 37.7. The monoisotopic (exact) mass is 426 g/mol. The van der Waals surface area contributed by atoms with E-state index in [-0.39, 0.29) is 29.3 Å². The largest absolute Gasteiger partial charge is 0.496 e. The van der Waals surface area contributed by atoms with Crippen LogP contribution >= 0.6 is 0 Å². The zero-order valence-electron chi connectivity index (χ0n) is 17.9. The number of aromatic nitrogens is 4. The number of nitrogens with one attached hydrogen (secondary N) is 3. The zero-order chi connectivity index (χ0) is 22.8. The number of hydrogen-bond acceptors (Lipinski definition) is 6. The second kappa shape index (κ2) is 8.75. The van der Waals surface area contributed by atoms with Crippen LogP contribution in [-0.4, -0.2) is 37.3 Å². The molecule has 0 aliphatic heterocycles. The first-order chi connectivity index (χ1) is 14.7. The number of imidazole rings is 1. The molecule has 0 fully saturated rings. The van der Waals surface area contributed by atoms with Crippen molar-refractivity contribution < 1.29 is 14.9 Å². The highest BCUT2D eigenvalue weighted by Crippen LogP contribution is 2.25. The molecule has 3 aromatic rings. The summed E-state index contributed by atoms with van der Waals surface area (Å²) in [6.45, 7) is 5.43. The van der Waals surface area contributed by atoms with Crippen LogP contribution in [0, 0.1) is 0 Å². The molecule has 2 heterocycles. The van der Waals surface area contributed by atoms with Crippen molar-refractivity contribution in [3.63, 3.8) is 0 Å². The van der Waals surface area contributed by atoms with Gasteiger partial charge in [0.2, 0.25) is 0 Å². The first-order valence-corrected chi connectivity index (χ1v) is 9.69. The van der Waals surface area contributed by atoms with E-state index in [0.717, 1.165) is 5.69 Å². The second-order valence-electron chi connectivity index (χ2n) is 8.11. The van der Waals surface area contributed by atoms with Crippen LogP contribution < -0.4 is 26.6 Å². The summed E-state index contributed by atoms with van der Waals surface area (Å²) in [5.74, 6) is 0.372. The number of nitrogens with zero attached hydrogens (tertiary/aromatic N) is 1. The number of ether oxygens (including phenoxy) is 1. The van der Waals surface area contributed by atoms with Crippen molar-refractivity contribution in [1.82, 2.24) is 19.9 Å². The summed E-state index contributed by atoms with van der Waals surface area (Å²) < 4.78 is 5.26. The van der Waals surface area contributed by atoms with Gasteiger partial charge in [0.05, 0.1) is 32.3 Å². The fraction of sp³-hybridized carbons (Fsp3) is 0.318. The molecule has 0 aliphatic rings. The summed E-state index contributed by atoms with van der Waals surface area (Å²) in [5.41, 5.74) is 1.68. The van der Waals surface area contributed by atoms with Gasteiger partial charge in [-0.15, -0.1) is 0 Å². The van der Waals surface area contributed by atoms with Crippen molar-refractivity contribution in [1.29, 1.82) is 0 Å². The molecule has 164 valence electrons. The lowest BCUT2D eigenvalue weighted by Crippen LogP contribution is -2.46. The minimum atomic E-state index is -0.491. The molecule has 0 amide bonds. The van der Waals surface area contributed by atoms with Gasteiger partial charge in [0.1, 0.15) is 16.4 Å². The molecule has 0 saturated heterocycles. The Morgan fingerprint density at radius 3 is 2.23 bits per heavy atom. The van der Waals surface area contributed by atoms with E-state index in [1.807, 2.05) is 20.8 Å². The molecule has 0 aliphatic carbocycles. The smallest absolute Gasteiger partial charge is 0.272 e. The maximum Gasteiger partial charge on any atom is 0.272 e. The molecule has 5 N–H and O–H groups in total. The first kappa shape index (κ1) is 22.3. The third kappa shape index (κ3) is 4.68. The number of aromatic amines is 3. The van der Waals surface area contributed by atoms with Gasteiger partial charge in [-0.05, 0) is 35.4 Å². The minimum absolute atomic E-state index is 0.0444. The van der Waals surface area contributed by atoms with E-state index in [0.29, 0.717) is 28.1 Å². The SMILES string of the molecule is COc1cc(/C=c2\[nH]c(=O)/c(=C/c3nc[nH]c3C(C)(C)C)[nH]c2=O)cc(CO)c1CO. The van der Waals surface area contributed by atoms with E-state index >= 15 is 0 Å². The van der Waals surface area contributed by atoms with Crippen LogP contribution in [0.1, 0.15) is 48.8 Å². The third-order valence-corrected chi connectivity index (χ3v) is 4.87. The number of benzene rings is 1. The van der Waals surface area contributed by atoms with Crippen LogP contribution in [0.4, 0.5) is 0 Å². The topological polar surface area (TPSA) is 144 Å². The van der Waals surface area contributed by atoms with Gasteiger partial charge < -0.3 is 29.9 Å². The van der Waals surface area contributed by atoms with Crippen LogP contribution in [0.15, 0.2) is 28.0 Å². The van der Waals surface area contributed by atoms with Gasteiger partial charge in [-0.1, -0.05) is 20.8 Å². The van der Waals surface area contributed by atoms with Gasteiger partial charge in [-0.3, -0.25) is 9.59 Å². The van der Waals surface area contributed by atoms with E-state index in [4.69, 9.17) is 4.74 Å². The van der Waals surface area contributed by atoms with Crippen molar-refractivity contribution in [3.8, 4) is 5.75 Å². The average molecular weight is 426 g/mol. The van der Waals surface area contributed by atoms with E-state index in [1.54, 1.807) is 18.5 Å². The standard InChI is InChI=1S/C22H26N4O5/c1-22(2,3)19-15(23-11-24-19)8-17-21(30)25-16(20(29)26-17)6-12-5-13(9-27)14(10-28)18(7-12)31-4/h5-8,11,27-28H,9-10H2,1-4H3,(H,23,24)(H,25,30)(H,26,29)/b16-6-,17-8-. The Bertz CT molecular complexity index is 1300. The number of H-pyrrole nitrogens is 3. The number of aliphatic hydroxyl groups excluding tert-OH is 2. The van der Waals surface area contributed by atoms with E-state index in [1.165, 1.54) is 19.3 Å². The van der Waals surface area contributed by atoms with Gasteiger partial charge in [0.25, 0.3) is 11.1 Å². The molecule has 0 bridgehead atoms. The Morgan fingerprint density at radius 1 is 1.03 bits per heavy atom. The molecule has 0 saturated carbocycles. The zero-order valence-corrected chi connectivity index (χ0v) is 17.9. The lowest BCUT2D eigenvalue weighted by molar-refractivity contribution is 0.254. The Kier molecular flexibility index (Phi) is 6.28. The summed E-state index contributed by atoms with van der Waals surface area (Å²) in [7, 11) is 1.44. The van der Waals surface area contributed by atoms with Gasteiger partial charge in [0, 0.05) is 16.7 Å². The number of hydrogen-bond donors (Lipinski definition) is 5. The maximum atomic E-state index is 12.6. The lowest BCUT2D eigenvalue weighted by Gasteiger charge is -2.16. The van der Waals surface area contributed by atoms with Gasteiger partial charge in [-0.2, -0.15) is 0 Å². The molecular formula is C22H26N4O5. The van der Waals surface area contributed by atoms with Crippen LogP contribution in [0.3, 0.4) is 0 Å². The number of rotatable bonds is 5. The van der Waals surface area contributed by atoms with E-state index in [9.17, 15) is 19.8 Å². The summed E-state index contributed by atoms with van der Waals surface area (Å²) >= 11 is 0. The minimum Gasteiger partial charge on any atom is -0.496 e. The quantitative estimate of drug-likeness (QED) is 0.380. The molecule has 0 radical (unpaired) electrons. The highest BCUT2D eigenvalue weighted by molar-refractivity contribution is 5.56. The molecule has 2 aromatic heterocycles. The van der Waals surface area contributed by atoms with Crippen molar-refractivity contribution in [2.24, 2.45) is 0 Å². The van der Waals surface area contributed by atoms with E-state index in [2.05, 4.69) is 19.9 Å². The highest BCUT2D eigenvalue weighted by atomic mass is 16.5. The normalized spacial score (nSPS) is 13.1. The number of aliphatic hydroxyl groups is 2. The first-order valence-electron chi connectivity index (χ1n) is 9.69. The molecule has 1 aromatic carbocycles. The van der Waals surface area contributed by atoms with Gasteiger partial charge in [-0.25, -0.2) is 4.98 Å². The summed E-state index contributed by atoms with van der Waals surface area (Å²) in [6, 6.07) is 3.23. The average Bonchev–Trinajstić information content (AvgIpc) is 3.19. The Labute approximate surface area is 177 Å². The van der Waals surface area contributed by atoms with Crippen molar-refractivity contribution in [3.05, 3.63) is 77.9 Å². The Morgan fingerprint density at radius 2 is 1.68 bits per heavy atom. The summed E-state index contributed by atoms with van der Waals surface area (Å²) in [6.07, 6.45) is 4.55. The third-order valence-electron chi connectivity index (χ3n) is 4.87. The van der Waals surface area contributed by atoms with Crippen LogP contribution in [0.2, 0.25) is 0 Å². The maximum absolute atomic E-state index is 12.6. The van der Waals surface area contributed by atoms with Crippen molar-refractivity contribution in [2.45, 2.75) is 39.4 Å². The van der Waals surface area contributed by atoms with E-state index < -0.39 is 11.1 Å². The molecule has 9 nitrogen and oxygen atoms in total. The van der Waals surface area contributed by atoms with Crippen LogP contribution in [0.5, 0.6) is 5.75 Å². The molecule has 0 spiro atoms. The highest BCUT2D eigenvalue weighted by Gasteiger charge is 2.19. The predicted molar refractivity (Wildman–Crippen MR) is 116 cm³/mol. The summed E-state index contributed by atoms with van der Waals surface area (Å²) in [5, 5.41) is 19.2. The Hall–Kier alpha value is -3.43. The molecule has 0 atom stereocenters. The van der Waals surface area contributed by atoms with Crippen molar-refractivity contribution in [2.75, 3.05) is 7.11 Å². The number of methoxy groups -OCH3 is 1. The molecule has 9 heteroatoms. The molecule has 3 rings (SSSR count). The van der Waals surface area contributed by atoms with Gasteiger partial charge >= 0.3 is 0 Å². The molecule has 31 heavy (non-hydrogen) atoms. The fourth-order valence-corrected chi connectivity index (χ4v) is 3.33. The lowest BCUT2D eigenvalue weighted by atomic mass is 9.90. The van der Waals surface area contributed by atoms with Crippen LogP contribution in [-0.2, 0) is 18.6 Å². The fourth-order valence-electron chi connectivity index (χ4n) is 3.33. The second-order valence-corrected chi connectivity index (χ2v) is 8.11. The van der Waals surface area contributed by atoms with Crippen LogP contribution in [0.25, 0.3) is 12.2 Å².